The molecule has 1 N–H and O–H groups in total. The first-order chi connectivity index (χ1) is 18.2. The molecule has 1 fully saturated rings. The summed E-state index contributed by atoms with van der Waals surface area (Å²) in [6.45, 7) is 5.41. The van der Waals surface area contributed by atoms with E-state index in [1.807, 2.05) is 25.1 Å². The molecule has 196 valence electrons. The zero-order valence-electron chi connectivity index (χ0n) is 21.8. The number of carbonyl (C=O) groups excluding carboxylic acids is 3. The summed E-state index contributed by atoms with van der Waals surface area (Å²) >= 11 is 0. The van der Waals surface area contributed by atoms with E-state index in [9.17, 15) is 19.5 Å². The molecule has 1 aliphatic heterocycles. The van der Waals surface area contributed by atoms with Crippen LogP contribution in [0.5, 0.6) is 11.5 Å². The second-order valence-corrected chi connectivity index (χ2v) is 9.12. The third-order valence-corrected chi connectivity index (χ3v) is 6.19. The molecule has 3 aromatic rings. The molecular formula is C30H29NO7. The van der Waals surface area contributed by atoms with E-state index in [4.69, 9.17) is 14.2 Å². The molecule has 38 heavy (non-hydrogen) atoms. The Morgan fingerprint density at radius 2 is 1.53 bits per heavy atom. The van der Waals surface area contributed by atoms with E-state index in [1.165, 1.54) is 31.3 Å². The largest absolute Gasteiger partial charge is 0.506 e. The van der Waals surface area contributed by atoms with Crippen molar-refractivity contribution in [3.8, 4) is 11.5 Å². The van der Waals surface area contributed by atoms with E-state index >= 15 is 0 Å². The van der Waals surface area contributed by atoms with Gasteiger partial charge in [0.15, 0.2) is 0 Å². The average molecular weight is 516 g/mol. The Hall–Kier alpha value is -4.59. The van der Waals surface area contributed by atoms with Crippen molar-refractivity contribution in [3.05, 3.63) is 94.6 Å². The lowest BCUT2D eigenvalue weighted by atomic mass is 9.93. The number of benzene rings is 3. The third-order valence-electron chi connectivity index (χ3n) is 6.19. The maximum absolute atomic E-state index is 13.5. The minimum absolute atomic E-state index is 0.105. The number of hydrogen-bond donors (Lipinski definition) is 1. The van der Waals surface area contributed by atoms with Gasteiger partial charge in [0, 0.05) is 5.69 Å². The number of carbonyl (C=O) groups is 3. The highest BCUT2D eigenvalue weighted by atomic mass is 16.5. The lowest BCUT2D eigenvalue weighted by Crippen LogP contribution is -2.29. The van der Waals surface area contributed by atoms with Crippen LogP contribution in [0.2, 0.25) is 0 Å². The van der Waals surface area contributed by atoms with Crippen LogP contribution < -0.4 is 14.4 Å². The van der Waals surface area contributed by atoms with Crippen LogP contribution in [0.25, 0.3) is 5.76 Å². The van der Waals surface area contributed by atoms with Crippen LogP contribution in [-0.2, 0) is 14.3 Å². The van der Waals surface area contributed by atoms with Crippen molar-refractivity contribution in [1.82, 2.24) is 0 Å². The molecule has 1 aliphatic rings. The number of aryl methyl sites for hydroxylation is 1. The van der Waals surface area contributed by atoms with Gasteiger partial charge < -0.3 is 19.3 Å². The molecule has 0 spiro atoms. The Morgan fingerprint density at radius 1 is 0.921 bits per heavy atom. The van der Waals surface area contributed by atoms with Crippen molar-refractivity contribution in [2.24, 2.45) is 0 Å². The van der Waals surface area contributed by atoms with Gasteiger partial charge in [0.05, 0.1) is 37.5 Å². The molecule has 1 amide bonds. The van der Waals surface area contributed by atoms with Crippen LogP contribution in [0, 0.1) is 6.92 Å². The lowest BCUT2D eigenvalue weighted by Gasteiger charge is -2.26. The van der Waals surface area contributed by atoms with Crippen molar-refractivity contribution < 1.29 is 33.7 Å². The fourth-order valence-corrected chi connectivity index (χ4v) is 4.51. The highest BCUT2D eigenvalue weighted by Crippen LogP contribution is 2.45. The van der Waals surface area contributed by atoms with Gasteiger partial charge in [0.2, 0.25) is 0 Å². The maximum Gasteiger partial charge on any atom is 0.338 e. The average Bonchev–Trinajstić information content (AvgIpc) is 3.17. The van der Waals surface area contributed by atoms with E-state index in [0.717, 1.165) is 5.56 Å². The molecule has 0 bridgehead atoms. The van der Waals surface area contributed by atoms with Crippen molar-refractivity contribution in [3.63, 3.8) is 0 Å². The topological polar surface area (TPSA) is 102 Å². The Balaban J connectivity index is 1.91. The molecule has 0 radical (unpaired) electrons. The van der Waals surface area contributed by atoms with Crippen molar-refractivity contribution in [2.45, 2.75) is 32.9 Å². The van der Waals surface area contributed by atoms with E-state index in [1.54, 1.807) is 50.2 Å². The number of amides is 1. The third kappa shape index (κ3) is 4.85. The van der Waals surface area contributed by atoms with Gasteiger partial charge in [-0.3, -0.25) is 14.5 Å². The van der Waals surface area contributed by atoms with Crippen LogP contribution in [0.4, 0.5) is 5.69 Å². The summed E-state index contributed by atoms with van der Waals surface area (Å²) in [5.74, 6) is -2.02. The molecule has 3 aromatic carbocycles. The first kappa shape index (κ1) is 26.5. The van der Waals surface area contributed by atoms with Crippen LogP contribution in [-0.4, -0.2) is 43.1 Å². The van der Waals surface area contributed by atoms with Crippen molar-refractivity contribution in [1.29, 1.82) is 0 Å². The number of anilines is 1. The van der Waals surface area contributed by atoms with Gasteiger partial charge >= 0.3 is 5.97 Å². The minimum Gasteiger partial charge on any atom is -0.506 e. The summed E-state index contributed by atoms with van der Waals surface area (Å²) < 4.78 is 16.1. The van der Waals surface area contributed by atoms with Gasteiger partial charge in [-0.25, -0.2) is 4.79 Å². The Bertz CT molecular complexity index is 1400. The molecule has 1 heterocycles. The molecule has 1 saturated heterocycles. The van der Waals surface area contributed by atoms with Crippen LogP contribution in [0.3, 0.4) is 0 Å². The Kier molecular flexibility index (Phi) is 7.52. The second kappa shape index (κ2) is 10.8. The number of methoxy groups -OCH3 is 2. The molecule has 4 rings (SSSR count). The number of ketones is 1. The van der Waals surface area contributed by atoms with Crippen LogP contribution >= 0.6 is 0 Å². The fraction of sp³-hybridized carbons (Fsp3) is 0.233. The number of ether oxygens (including phenoxy) is 3. The number of aliphatic hydroxyl groups excluding tert-OH is 1. The summed E-state index contributed by atoms with van der Waals surface area (Å²) in [6.07, 6.45) is -0.284. The summed E-state index contributed by atoms with van der Waals surface area (Å²) in [5.41, 5.74) is 2.29. The van der Waals surface area contributed by atoms with Gasteiger partial charge in [0.25, 0.3) is 11.7 Å². The molecule has 0 aromatic heterocycles. The monoisotopic (exact) mass is 515 g/mol. The second-order valence-electron chi connectivity index (χ2n) is 9.12. The number of nitrogens with zero attached hydrogens (tertiary/aromatic N) is 1. The van der Waals surface area contributed by atoms with Gasteiger partial charge in [-0.2, -0.15) is 0 Å². The summed E-state index contributed by atoms with van der Waals surface area (Å²) in [6, 6.07) is 17.6. The highest BCUT2D eigenvalue weighted by molar-refractivity contribution is 6.51. The first-order valence-electron chi connectivity index (χ1n) is 12.1. The van der Waals surface area contributed by atoms with Gasteiger partial charge in [0.1, 0.15) is 22.8 Å². The lowest BCUT2D eigenvalue weighted by molar-refractivity contribution is -0.132. The molecule has 0 saturated carbocycles. The van der Waals surface area contributed by atoms with Crippen molar-refractivity contribution >= 4 is 29.1 Å². The molecule has 1 atom stereocenters. The Morgan fingerprint density at radius 3 is 2.08 bits per heavy atom. The van der Waals surface area contributed by atoms with Gasteiger partial charge in [-0.1, -0.05) is 35.9 Å². The maximum atomic E-state index is 13.5. The SMILES string of the molecule is COc1cccc(OC)c1/C(O)=C1\C(=O)C(=O)N(c2ccc(C(=O)OC(C)C)cc2)C1c1cccc(C)c1. The number of esters is 1. The first-order valence-corrected chi connectivity index (χ1v) is 12.1. The van der Waals surface area contributed by atoms with Gasteiger partial charge in [-0.15, -0.1) is 0 Å². The highest BCUT2D eigenvalue weighted by Gasteiger charge is 2.47. The Labute approximate surface area is 221 Å². The normalized spacial score (nSPS) is 16.6. The van der Waals surface area contributed by atoms with Gasteiger partial charge in [-0.05, 0) is 62.7 Å². The molecule has 8 heteroatoms. The molecule has 0 aliphatic carbocycles. The minimum atomic E-state index is -0.946. The van der Waals surface area contributed by atoms with Crippen LogP contribution in [0.15, 0.2) is 72.3 Å². The zero-order chi connectivity index (χ0) is 27.6. The molecule has 1 unspecified atom stereocenters. The number of aliphatic hydroxyl groups is 1. The molecule has 8 nitrogen and oxygen atoms in total. The van der Waals surface area contributed by atoms with E-state index in [-0.39, 0.29) is 28.7 Å². The standard InChI is InChI=1S/C30H29NO7/c1-17(2)38-30(35)19-12-14-21(15-13-19)31-26(20-9-6-8-18(3)16-20)25(28(33)29(31)34)27(32)24-22(36-4)10-7-11-23(24)37-5/h6-17,26,32H,1-5H3/b27-25+. The summed E-state index contributed by atoms with van der Waals surface area (Å²) in [4.78, 5) is 40.6. The number of Topliss-reactive ketones (excluding diaryl/α,β-unsaturated/α-hetero) is 1. The smallest absolute Gasteiger partial charge is 0.338 e. The predicted molar refractivity (Wildman–Crippen MR) is 143 cm³/mol. The fourth-order valence-electron chi connectivity index (χ4n) is 4.51. The quantitative estimate of drug-likeness (QED) is 0.200. The molecular weight excluding hydrogens is 486 g/mol. The van der Waals surface area contributed by atoms with E-state index in [2.05, 4.69) is 0 Å². The number of rotatable bonds is 7. The van der Waals surface area contributed by atoms with Crippen LogP contribution in [0.1, 0.15) is 46.9 Å². The van der Waals surface area contributed by atoms with E-state index < -0.39 is 29.5 Å². The van der Waals surface area contributed by atoms with Crippen molar-refractivity contribution in [2.75, 3.05) is 19.1 Å². The zero-order valence-corrected chi connectivity index (χ0v) is 21.8. The predicted octanol–water partition coefficient (Wildman–Crippen LogP) is 5.20. The summed E-state index contributed by atoms with van der Waals surface area (Å²) in [5, 5.41) is 11.6. The van der Waals surface area contributed by atoms with E-state index in [0.29, 0.717) is 16.8 Å². The summed E-state index contributed by atoms with van der Waals surface area (Å²) in [7, 11) is 2.88. The number of hydrogen-bond acceptors (Lipinski definition) is 7.